The van der Waals surface area contributed by atoms with Crippen molar-refractivity contribution in [2.45, 2.75) is 79.9 Å². The standard InChI is InChI=1S/C33H42N2O14S4/c1-32(2)25-21-23(52(44,45)46)12-14-27(25)34(17-7-19-50(38,39)40)29(32)9-6-10-30-33(3,16-5-4-11-31(36)37)26-22-24(53(47,48)49)13-15-28(26)35(30)18-8-20-51(41,42)43/h6,9-10,12-15,21-22H,4-5,7-8,11,16-20H2,1-3H3,(H4-,36,37,38,39,40,41,42,43,44,45,46,47,48,49)/p+1. The monoisotopic (exact) mass is 819 g/mol. The lowest BCUT2D eigenvalue weighted by atomic mass is 9.77. The number of fused-ring (bicyclic) bond motifs is 2. The molecule has 2 aromatic rings. The van der Waals surface area contributed by atoms with Gasteiger partial charge in [-0.3, -0.25) is 23.0 Å². The van der Waals surface area contributed by atoms with E-state index in [2.05, 4.69) is 0 Å². The molecule has 20 heteroatoms. The average molecular weight is 820 g/mol. The van der Waals surface area contributed by atoms with E-state index < -0.39 is 68.8 Å². The van der Waals surface area contributed by atoms with E-state index >= 15 is 0 Å². The van der Waals surface area contributed by atoms with Gasteiger partial charge in [0, 0.05) is 53.9 Å². The minimum absolute atomic E-state index is 0.00576. The fraction of sp³-hybridized carbons (Fsp3) is 0.455. The van der Waals surface area contributed by atoms with Crippen LogP contribution in [0.15, 0.2) is 70.1 Å². The lowest BCUT2D eigenvalue weighted by Crippen LogP contribution is -2.30. The second kappa shape index (κ2) is 15.3. The van der Waals surface area contributed by atoms with E-state index in [-0.39, 0.29) is 42.1 Å². The van der Waals surface area contributed by atoms with Crippen LogP contribution in [0.2, 0.25) is 0 Å². The topological polar surface area (TPSA) is 261 Å². The van der Waals surface area contributed by atoms with E-state index in [4.69, 9.17) is 0 Å². The third-order valence-electron chi connectivity index (χ3n) is 9.56. The summed E-state index contributed by atoms with van der Waals surface area (Å²) in [6, 6.07) is 8.01. The second-order valence-corrected chi connectivity index (χ2v) is 19.7. The van der Waals surface area contributed by atoms with Gasteiger partial charge >= 0.3 is 5.97 Å². The molecule has 0 saturated heterocycles. The third-order valence-corrected chi connectivity index (χ3v) is 12.9. The molecule has 4 rings (SSSR count). The summed E-state index contributed by atoms with van der Waals surface area (Å²) in [5.41, 5.74) is 1.23. The van der Waals surface area contributed by atoms with Crippen LogP contribution < -0.4 is 4.90 Å². The van der Waals surface area contributed by atoms with Crippen molar-refractivity contribution < 1.29 is 66.4 Å². The summed E-state index contributed by atoms with van der Waals surface area (Å²) in [6.07, 6.45) is 5.91. The fourth-order valence-corrected chi connectivity index (χ4v) is 9.05. The number of anilines is 1. The van der Waals surface area contributed by atoms with Gasteiger partial charge in [-0.1, -0.05) is 12.5 Å². The Bertz CT molecular complexity index is 2330. The molecule has 2 aromatic carbocycles. The molecule has 0 bridgehead atoms. The van der Waals surface area contributed by atoms with Gasteiger partial charge in [0.2, 0.25) is 5.69 Å². The summed E-state index contributed by atoms with van der Waals surface area (Å²) < 4.78 is 135. The van der Waals surface area contributed by atoms with Crippen LogP contribution in [0.4, 0.5) is 11.4 Å². The predicted molar refractivity (Wildman–Crippen MR) is 195 cm³/mol. The first kappa shape index (κ1) is 42.2. The Morgan fingerprint density at radius 2 is 1.34 bits per heavy atom. The zero-order valence-electron chi connectivity index (χ0n) is 29.2. The molecule has 5 N–H and O–H groups in total. The molecule has 0 amide bonds. The Morgan fingerprint density at radius 1 is 0.774 bits per heavy atom. The molecule has 53 heavy (non-hydrogen) atoms. The highest BCUT2D eigenvalue weighted by Gasteiger charge is 2.46. The van der Waals surface area contributed by atoms with Gasteiger partial charge in [0.1, 0.15) is 6.54 Å². The molecule has 0 saturated carbocycles. The van der Waals surface area contributed by atoms with Crippen molar-refractivity contribution in [1.82, 2.24) is 0 Å². The number of nitrogens with zero attached hydrogens (tertiary/aromatic N) is 2. The number of unbranched alkanes of at least 4 members (excludes halogenated alkanes) is 1. The van der Waals surface area contributed by atoms with E-state index in [9.17, 15) is 61.8 Å². The summed E-state index contributed by atoms with van der Waals surface area (Å²) in [7, 11) is -17.9. The van der Waals surface area contributed by atoms with Crippen molar-refractivity contribution in [2.75, 3.05) is 29.5 Å². The summed E-state index contributed by atoms with van der Waals surface area (Å²) in [5, 5.41) is 9.22. The zero-order valence-corrected chi connectivity index (χ0v) is 32.5. The highest BCUT2D eigenvalue weighted by molar-refractivity contribution is 7.86. The van der Waals surface area contributed by atoms with Crippen molar-refractivity contribution in [2.24, 2.45) is 0 Å². The summed E-state index contributed by atoms with van der Waals surface area (Å²) in [6.45, 7) is 5.54. The molecular formula is C33H43N2O14S4+. The van der Waals surface area contributed by atoms with Crippen LogP contribution in [0, 0.1) is 0 Å². The quantitative estimate of drug-likeness (QED) is 0.0859. The maximum atomic E-state index is 12.2. The van der Waals surface area contributed by atoms with Crippen molar-refractivity contribution in [3.8, 4) is 0 Å². The number of rotatable bonds is 17. The first-order chi connectivity index (χ1) is 24.3. The Kier molecular flexibility index (Phi) is 12.2. The Labute approximate surface area is 309 Å². The van der Waals surface area contributed by atoms with Gasteiger partial charge in [0.25, 0.3) is 40.5 Å². The highest BCUT2D eigenvalue weighted by atomic mass is 32.2. The molecule has 2 aliphatic heterocycles. The molecule has 2 heterocycles. The minimum Gasteiger partial charge on any atom is -0.481 e. The SMILES string of the molecule is CC1(C)C(C=CC=C2N(CCCS(=O)(=O)O)c3ccc(S(=O)(=O)O)cc3C2(C)CCCCC(=O)O)=[N+](CCCS(=O)(=O)O)c2ccc(S(=O)(=O)O)cc21. The van der Waals surface area contributed by atoms with Crippen molar-refractivity contribution >= 4 is 63.5 Å². The first-order valence-electron chi connectivity index (χ1n) is 16.4. The van der Waals surface area contributed by atoms with E-state index in [0.29, 0.717) is 53.2 Å². The molecule has 0 radical (unpaired) electrons. The molecular weight excluding hydrogens is 777 g/mol. The lowest BCUT2D eigenvalue weighted by Gasteiger charge is -2.30. The zero-order chi connectivity index (χ0) is 39.8. The van der Waals surface area contributed by atoms with Gasteiger partial charge in [-0.2, -0.15) is 38.2 Å². The number of carbonyl (C=O) groups is 1. The Balaban J connectivity index is 1.89. The summed E-state index contributed by atoms with van der Waals surface area (Å²) in [4.78, 5) is 12.3. The molecule has 0 fully saturated rings. The van der Waals surface area contributed by atoms with Crippen LogP contribution >= 0.6 is 0 Å². The number of hydrogen-bond donors (Lipinski definition) is 5. The molecule has 16 nitrogen and oxygen atoms in total. The van der Waals surface area contributed by atoms with Crippen LogP contribution in [-0.4, -0.2) is 97.8 Å². The van der Waals surface area contributed by atoms with E-state index in [1.54, 1.807) is 41.6 Å². The van der Waals surface area contributed by atoms with Crippen LogP contribution in [0.5, 0.6) is 0 Å². The fourth-order valence-electron chi connectivity index (χ4n) is 7.05. The van der Waals surface area contributed by atoms with E-state index in [0.717, 1.165) is 0 Å². The number of carboxylic acid groups (broad SMARTS) is 1. The number of hydrogen-bond acceptors (Lipinski definition) is 10. The number of allylic oxidation sites excluding steroid dienone is 4. The van der Waals surface area contributed by atoms with Crippen molar-refractivity contribution in [3.05, 3.63) is 71.5 Å². The van der Waals surface area contributed by atoms with Gasteiger partial charge in [-0.25, -0.2) is 0 Å². The normalized spacial score (nSPS) is 19.7. The smallest absolute Gasteiger partial charge is 0.303 e. The predicted octanol–water partition coefficient (Wildman–Crippen LogP) is 3.98. The van der Waals surface area contributed by atoms with Gasteiger partial charge in [0.05, 0.1) is 26.7 Å². The van der Waals surface area contributed by atoms with Crippen LogP contribution in [0.1, 0.15) is 70.4 Å². The maximum absolute atomic E-state index is 12.2. The highest BCUT2D eigenvalue weighted by Crippen LogP contribution is 2.51. The second-order valence-electron chi connectivity index (χ2n) is 13.7. The van der Waals surface area contributed by atoms with E-state index in [1.165, 1.54) is 36.4 Å². The van der Waals surface area contributed by atoms with Crippen molar-refractivity contribution in [1.29, 1.82) is 0 Å². The van der Waals surface area contributed by atoms with Gasteiger partial charge in [-0.15, -0.1) is 0 Å². The van der Waals surface area contributed by atoms with E-state index in [1.807, 2.05) is 6.92 Å². The average Bonchev–Trinajstić information content (AvgIpc) is 3.36. The lowest BCUT2D eigenvalue weighted by molar-refractivity contribution is -0.437. The molecule has 0 aromatic heterocycles. The molecule has 292 valence electrons. The summed E-state index contributed by atoms with van der Waals surface area (Å²) >= 11 is 0. The van der Waals surface area contributed by atoms with Gasteiger partial charge in [0.15, 0.2) is 5.71 Å². The first-order valence-corrected chi connectivity index (χ1v) is 22.5. The van der Waals surface area contributed by atoms with Crippen LogP contribution in [-0.2, 0) is 56.1 Å². The molecule has 0 spiro atoms. The molecule has 0 aliphatic carbocycles. The number of benzene rings is 2. The van der Waals surface area contributed by atoms with Crippen LogP contribution in [0.3, 0.4) is 0 Å². The molecule has 2 aliphatic rings. The number of aliphatic carboxylic acids is 1. The van der Waals surface area contributed by atoms with Gasteiger partial charge < -0.3 is 10.0 Å². The Morgan fingerprint density at radius 3 is 1.91 bits per heavy atom. The largest absolute Gasteiger partial charge is 0.481 e. The molecule has 1 atom stereocenters. The maximum Gasteiger partial charge on any atom is 0.303 e. The molecule has 1 unspecified atom stereocenters. The Hall–Kier alpha value is -3.50. The summed E-state index contributed by atoms with van der Waals surface area (Å²) in [5.74, 6) is -2.12. The van der Waals surface area contributed by atoms with Gasteiger partial charge in [-0.05, 0) is 82.0 Å². The number of carboxylic acids is 1. The third kappa shape index (κ3) is 9.98. The van der Waals surface area contributed by atoms with Crippen LogP contribution in [0.25, 0.3) is 0 Å². The van der Waals surface area contributed by atoms with Crippen molar-refractivity contribution in [3.63, 3.8) is 0 Å². The minimum atomic E-state index is -4.64.